The number of alkyl halides is 3. The molecule has 0 aliphatic heterocycles. The number of aryl methyl sites for hydroxylation is 1. The molecule has 1 rings (SSSR count). The van der Waals surface area contributed by atoms with Gasteiger partial charge in [-0.3, -0.25) is 4.79 Å². The van der Waals surface area contributed by atoms with E-state index in [2.05, 4.69) is 9.40 Å². The lowest BCUT2D eigenvalue weighted by molar-refractivity contribution is -0.153. The highest BCUT2D eigenvalue weighted by Gasteiger charge is 2.40. The Hall–Kier alpha value is -1.33. The van der Waals surface area contributed by atoms with Gasteiger partial charge in [-0.2, -0.15) is 13.2 Å². The molecule has 0 aliphatic carbocycles. The summed E-state index contributed by atoms with van der Waals surface area (Å²) >= 11 is 0. The maximum atomic E-state index is 12.3. The Kier molecular flexibility index (Phi) is 2.64. The van der Waals surface area contributed by atoms with E-state index in [-0.39, 0.29) is 12.3 Å². The second kappa shape index (κ2) is 3.43. The Morgan fingerprint density at radius 1 is 1.50 bits per heavy atom. The van der Waals surface area contributed by atoms with Crippen LogP contribution in [0.5, 0.6) is 0 Å². The minimum atomic E-state index is -4.67. The number of aromatic nitrogens is 1. The third-order valence-corrected chi connectivity index (χ3v) is 1.58. The molecule has 3 nitrogen and oxygen atoms in total. The van der Waals surface area contributed by atoms with Crippen LogP contribution in [0, 0.1) is 6.92 Å². The zero-order chi connectivity index (χ0) is 10.9. The van der Waals surface area contributed by atoms with E-state index in [1.807, 2.05) is 0 Å². The van der Waals surface area contributed by atoms with Crippen molar-refractivity contribution in [1.82, 2.24) is 4.98 Å². The Labute approximate surface area is 77.9 Å². The van der Waals surface area contributed by atoms with Crippen LogP contribution in [-0.4, -0.2) is 10.8 Å². The van der Waals surface area contributed by atoms with Gasteiger partial charge in [0.15, 0.2) is 17.4 Å². The average molecular weight is 207 g/mol. The smallest absolute Gasteiger partial charge is 0.436 e. The fraction of sp³-hybridized carbons (Fsp3) is 0.500. The van der Waals surface area contributed by atoms with Crippen molar-refractivity contribution in [2.75, 3.05) is 0 Å². The molecule has 0 amide bonds. The number of carbonyl (C=O) groups excluding carboxylic acids is 1. The van der Waals surface area contributed by atoms with Crippen LogP contribution in [0.2, 0.25) is 0 Å². The lowest BCUT2D eigenvalue weighted by Gasteiger charge is -2.02. The molecular formula is C8H8F3NO2. The van der Waals surface area contributed by atoms with E-state index < -0.39 is 23.4 Å². The third kappa shape index (κ3) is 1.94. The largest absolute Gasteiger partial charge is 0.452 e. The molecule has 0 bridgehead atoms. The van der Waals surface area contributed by atoms with Crippen LogP contribution >= 0.6 is 0 Å². The van der Waals surface area contributed by atoms with Crippen LogP contribution < -0.4 is 0 Å². The van der Waals surface area contributed by atoms with Gasteiger partial charge >= 0.3 is 6.18 Å². The van der Waals surface area contributed by atoms with Crippen LogP contribution in [0.4, 0.5) is 13.2 Å². The molecule has 14 heavy (non-hydrogen) atoms. The summed E-state index contributed by atoms with van der Waals surface area (Å²) < 4.78 is 41.2. The highest BCUT2D eigenvalue weighted by atomic mass is 19.4. The van der Waals surface area contributed by atoms with E-state index in [9.17, 15) is 18.0 Å². The molecule has 0 atom stereocenters. The summed E-state index contributed by atoms with van der Waals surface area (Å²) in [6, 6.07) is 0. The molecule has 0 aromatic carbocycles. The number of ketones is 1. The molecule has 0 aliphatic rings. The van der Waals surface area contributed by atoms with E-state index in [1.54, 1.807) is 0 Å². The lowest BCUT2D eigenvalue weighted by atomic mass is 10.2. The first-order chi connectivity index (χ1) is 6.36. The molecule has 0 N–H and O–H groups in total. The second-order valence-electron chi connectivity index (χ2n) is 2.69. The Morgan fingerprint density at radius 2 is 2.07 bits per heavy atom. The predicted molar refractivity (Wildman–Crippen MR) is 40.9 cm³/mol. The molecule has 0 unspecified atom stereocenters. The van der Waals surface area contributed by atoms with E-state index >= 15 is 0 Å². The quantitative estimate of drug-likeness (QED) is 0.700. The molecule has 78 valence electrons. The minimum Gasteiger partial charge on any atom is -0.436 e. The molecule has 0 spiro atoms. The maximum Gasteiger partial charge on any atom is 0.452 e. The Balaban J connectivity index is 3.23. The van der Waals surface area contributed by atoms with Crippen LogP contribution in [0.1, 0.15) is 35.5 Å². The SMILES string of the molecule is CCC(=O)c1nc(C)oc1C(F)(F)F. The molecule has 0 saturated heterocycles. The maximum absolute atomic E-state index is 12.3. The monoisotopic (exact) mass is 207 g/mol. The summed E-state index contributed by atoms with van der Waals surface area (Å²) in [5.41, 5.74) is -0.627. The number of Topliss-reactive ketones (excluding diaryl/α,β-unsaturated/α-hetero) is 1. The summed E-state index contributed by atoms with van der Waals surface area (Å²) in [6.07, 6.45) is -4.70. The number of hydrogen-bond acceptors (Lipinski definition) is 3. The number of rotatable bonds is 2. The molecule has 1 aromatic rings. The van der Waals surface area contributed by atoms with Crippen molar-refractivity contribution in [2.45, 2.75) is 26.4 Å². The van der Waals surface area contributed by atoms with Gasteiger partial charge in [0, 0.05) is 13.3 Å². The van der Waals surface area contributed by atoms with Gasteiger partial charge in [-0.05, 0) is 0 Å². The van der Waals surface area contributed by atoms with Crippen molar-refractivity contribution >= 4 is 5.78 Å². The number of nitrogens with zero attached hydrogens (tertiary/aromatic N) is 1. The summed E-state index contributed by atoms with van der Waals surface area (Å²) in [5, 5.41) is 0. The zero-order valence-electron chi connectivity index (χ0n) is 7.60. The van der Waals surface area contributed by atoms with Crippen molar-refractivity contribution in [1.29, 1.82) is 0 Å². The molecule has 0 radical (unpaired) electrons. The molecule has 1 aromatic heterocycles. The highest BCUT2D eigenvalue weighted by Crippen LogP contribution is 2.32. The standard InChI is InChI=1S/C8H8F3NO2/c1-3-5(13)6-7(8(9,10)11)14-4(2)12-6/h3H2,1-2H3. The van der Waals surface area contributed by atoms with E-state index in [0.717, 1.165) is 0 Å². The van der Waals surface area contributed by atoms with Gasteiger partial charge in [0.25, 0.3) is 0 Å². The summed E-state index contributed by atoms with van der Waals surface area (Å²) in [7, 11) is 0. The van der Waals surface area contributed by atoms with Gasteiger partial charge < -0.3 is 4.42 Å². The van der Waals surface area contributed by atoms with Crippen molar-refractivity contribution in [3.63, 3.8) is 0 Å². The Bertz CT molecular complexity index is 354. The molecular weight excluding hydrogens is 199 g/mol. The fourth-order valence-corrected chi connectivity index (χ4v) is 0.976. The van der Waals surface area contributed by atoms with Gasteiger partial charge in [-0.1, -0.05) is 6.92 Å². The number of oxazole rings is 1. The highest BCUT2D eigenvalue weighted by molar-refractivity contribution is 5.95. The van der Waals surface area contributed by atoms with Crippen molar-refractivity contribution < 1.29 is 22.4 Å². The number of carbonyl (C=O) groups is 1. The molecule has 0 saturated carbocycles. The molecule has 0 fully saturated rings. The van der Waals surface area contributed by atoms with Gasteiger partial charge in [-0.15, -0.1) is 0 Å². The van der Waals surface area contributed by atoms with Crippen molar-refractivity contribution in [3.8, 4) is 0 Å². The third-order valence-electron chi connectivity index (χ3n) is 1.58. The van der Waals surface area contributed by atoms with Crippen LogP contribution in [-0.2, 0) is 6.18 Å². The summed E-state index contributed by atoms with van der Waals surface area (Å²) in [6.45, 7) is 2.73. The predicted octanol–water partition coefficient (Wildman–Crippen LogP) is 2.59. The number of hydrogen-bond donors (Lipinski definition) is 0. The van der Waals surface area contributed by atoms with E-state index in [0.29, 0.717) is 0 Å². The van der Waals surface area contributed by atoms with Gasteiger partial charge in [0.1, 0.15) is 0 Å². The van der Waals surface area contributed by atoms with Crippen LogP contribution in [0.3, 0.4) is 0 Å². The van der Waals surface area contributed by atoms with E-state index in [4.69, 9.17) is 0 Å². The lowest BCUT2D eigenvalue weighted by Crippen LogP contribution is -2.10. The first kappa shape index (κ1) is 10.7. The zero-order valence-corrected chi connectivity index (χ0v) is 7.60. The summed E-state index contributed by atoms with van der Waals surface area (Å²) in [5.74, 6) is -2.13. The first-order valence-corrected chi connectivity index (χ1v) is 3.94. The minimum absolute atomic E-state index is 0.0327. The van der Waals surface area contributed by atoms with Crippen LogP contribution in [0.25, 0.3) is 0 Å². The average Bonchev–Trinajstić information content (AvgIpc) is 2.45. The summed E-state index contributed by atoms with van der Waals surface area (Å²) in [4.78, 5) is 14.5. The fourth-order valence-electron chi connectivity index (χ4n) is 0.976. The van der Waals surface area contributed by atoms with Gasteiger partial charge in [0.05, 0.1) is 0 Å². The van der Waals surface area contributed by atoms with Gasteiger partial charge in [0.2, 0.25) is 5.76 Å². The van der Waals surface area contributed by atoms with Crippen molar-refractivity contribution in [3.05, 3.63) is 17.3 Å². The first-order valence-electron chi connectivity index (χ1n) is 3.94. The topological polar surface area (TPSA) is 43.1 Å². The molecule has 1 heterocycles. The van der Waals surface area contributed by atoms with E-state index in [1.165, 1.54) is 13.8 Å². The molecule has 6 heteroatoms. The van der Waals surface area contributed by atoms with Crippen LogP contribution in [0.15, 0.2) is 4.42 Å². The Morgan fingerprint density at radius 3 is 2.50 bits per heavy atom. The number of halogens is 3. The van der Waals surface area contributed by atoms with Crippen molar-refractivity contribution in [2.24, 2.45) is 0 Å². The van der Waals surface area contributed by atoms with Gasteiger partial charge in [-0.25, -0.2) is 4.98 Å². The second-order valence-corrected chi connectivity index (χ2v) is 2.69. The normalized spacial score (nSPS) is 11.8.